The largest absolute Gasteiger partial charge is 0.343 e. The van der Waals surface area contributed by atoms with Crippen molar-refractivity contribution in [1.29, 1.82) is 0 Å². The molecule has 0 unspecified atom stereocenters. The molecule has 2 aromatic carbocycles. The van der Waals surface area contributed by atoms with E-state index < -0.39 is 0 Å². The molecule has 100 valence electrons. The number of hydrogen-bond donors (Lipinski definition) is 1. The molecule has 2 nitrogen and oxygen atoms in total. The van der Waals surface area contributed by atoms with Gasteiger partial charge >= 0.3 is 0 Å². The summed E-state index contributed by atoms with van der Waals surface area (Å²) in [5.74, 6) is 0. The molecule has 0 fully saturated rings. The van der Waals surface area contributed by atoms with Crippen molar-refractivity contribution in [3.63, 3.8) is 0 Å². The number of benzene rings is 2. The minimum atomic E-state index is -0.00434. The maximum atomic E-state index is 6.37. The van der Waals surface area contributed by atoms with Gasteiger partial charge in [0.05, 0.1) is 10.7 Å². The maximum absolute atomic E-state index is 6.37. The van der Waals surface area contributed by atoms with Gasteiger partial charge in [-0.3, -0.25) is 0 Å². The maximum Gasteiger partial charge on any atom is 0.0646 e. The first-order chi connectivity index (χ1) is 9.00. The van der Waals surface area contributed by atoms with Crippen molar-refractivity contribution in [2.24, 2.45) is 5.73 Å². The molecule has 0 aliphatic carbocycles. The van der Waals surface area contributed by atoms with Crippen LogP contribution in [0.2, 0.25) is 5.02 Å². The van der Waals surface area contributed by atoms with Gasteiger partial charge in [-0.25, -0.2) is 0 Å². The van der Waals surface area contributed by atoms with Crippen LogP contribution in [0.3, 0.4) is 0 Å². The molecule has 2 N–H and O–H groups in total. The van der Waals surface area contributed by atoms with E-state index in [0.717, 1.165) is 22.0 Å². The van der Waals surface area contributed by atoms with Crippen LogP contribution in [0.5, 0.6) is 0 Å². The normalized spacial score (nSPS) is 12.3. The summed E-state index contributed by atoms with van der Waals surface area (Å²) in [6.45, 7) is 4.05. The van der Waals surface area contributed by atoms with Gasteiger partial charge in [0.1, 0.15) is 0 Å². The minimum Gasteiger partial charge on any atom is -0.343 e. The Bertz CT molecular complexity index is 579. The van der Waals surface area contributed by atoms with Crippen molar-refractivity contribution in [2.75, 3.05) is 11.9 Å². The summed E-state index contributed by atoms with van der Waals surface area (Å²) in [4.78, 5) is 2.10. The molecule has 3 heteroatoms. The number of hydrogen-bond acceptors (Lipinski definition) is 2. The molecular formula is C16H19ClN2. The Hall–Kier alpha value is -1.51. The van der Waals surface area contributed by atoms with E-state index >= 15 is 0 Å². The minimum absolute atomic E-state index is 0.00434. The summed E-state index contributed by atoms with van der Waals surface area (Å²) in [5.41, 5.74) is 10.3. The molecule has 0 amide bonds. The molecule has 0 aliphatic heterocycles. The van der Waals surface area contributed by atoms with Crippen LogP contribution in [0, 0.1) is 6.92 Å². The molecular weight excluding hydrogens is 256 g/mol. The number of anilines is 2. The highest BCUT2D eigenvalue weighted by atomic mass is 35.5. The Labute approximate surface area is 119 Å². The third-order valence-electron chi connectivity index (χ3n) is 3.34. The Morgan fingerprint density at radius 1 is 1.11 bits per heavy atom. The Morgan fingerprint density at radius 3 is 2.37 bits per heavy atom. The highest BCUT2D eigenvalue weighted by molar-refractivity contribution is 6.33. The van der Waals surface area contributed by atoms with Gasteiger partial charge in [0, 0.05) is 18.8 Å². The zero-order valence-corrected chi connectivity index (χ0v) is 12.3. The summed E-state index contributed by atoms with van der Waals surface area (Å²) >= 11 is 6.37. The van der Waals surface area contributed by atoms with Gasteiger partial charge in [-0.05, 0) is 43.2 Å². The molecule has 0 spiro atoms. The van der Waals surface area contributed by atoms with Gasteiger partial charge in [0.25, 0.3) is 0 Å². The lowest BCUT2D eigenvalue weighted by atomic mass is 10.1. The SMILES string of the molecule is Cc1ccccc1N(C)c1ccc([C@@H](C)N)cc1Cl. The van der Waals surface area contributed by atoms with E-state index in [0.29, 0.717) is 0 Å². The van der Waals surface area contributed by atoms with Crippen LogP contribution in [-0.2, 0) is 0 Å². The van der Waals surface area contributed by atoms with E-state index in [9.17, 15) is 0 Å². The summed E-state index contributed by atoms with van der Waals surface area (Å²) in [5, 5.41) is 0.723. The Balaban J connectivity index is 2.40. The van der Waals surface area contributed by atoms with Crippen LogP contribution in [0.15, 0.2) is 42.5 Å². The fourth-order valence-electron chi connectivity index (χ4n) is 2.15. The van der Waals surface area contributed by atoms with Gasteiger partial charge < -0.3 is 10.6 Å². The number of aryl methyl sites for hydroxylation is 1. The fourth-order valence-corrected chi connectivity index (χ4v) is 2.46. The highest BCUT2D eigenvalue weighted by Gasteiger charge is 2.11. The summed E-state index contributed by atoms with van der Waals surface area (Å²) in [6, 6.07) is 14.2. The van der Waals surface area contributed by atoms with Crippen LogP contribution < -0.4 is 10.6 Å². The first-order valence-corrected chi connectivity index (χ1v) is 6.73. The quantitative estimate of drug-likeness (QED) is 0.897. The van der Waals surface area contributed by atoms with Crippen molar-refractivity contribution < 1.29 is 0 Å². The first-order valence-electron chi connectivity index (χ1n) is 6.35. The zero-order valence-electron chi connectivity index (χ0n) is 11.5. The second kappa shape index (κ2) is 5.64. The molecule has 0 saturated heterocycles. The monoisotopic (exact) mass is 274 g/mol. The van der Waals surface area contributed by atoms with Crippen molar-refractivity contribution in [2.45, 2.75) is 19.9 Å². The third kappa shape index (κ3) is 2.91. The second-order valence-corrected chi connectivity index (χ2v) is 5.25. The number of nitrogens with two attached hydrogens (primary N) is 1. The lowest BCUT2D eigenvalue weighted by Crippen LogP contribution is -2.12. The Morgan fingerprint density at radius 2 is 1.79 bits per heavy atom. The lowest BCUT2D eigenvalue weighted by Gasteiger charge is -2.23. The second-order valence-electron chi connectivity index (χ2n) is 4.85. The number of para-hydroxylation sites is 1. The van der Waals surface area contributed by atoms with Crippen LogP contribution in [0.25, 0.3) is 0 Å². The van der Waals surface area contributed by atoms with Crippen LogP contribution in [0.1, 0.15) is 24.1 Å². The standard InChI is InChI=1S/C16H19ClN2/c1-11-6-4-5-7-15(11)19(3)16-9-8-13(12(2)18)10-14(16)17/h4-10,12H,18H2,1-3H3/t12-/m1/s1. The number of halogens is 1. The van der Waals surface area contributed by atoms with Crippen molar-refractivity contribution in [3.05, 3.63) is 58.6 Å². The van der Waals surface area contributed by atoms with Crippen LogP contribution in [0.4, 0.5) is 11.4 Å². The molecule has 2 aromatic rings. The van der Waals surface area contributed by atoms with Gasteiger partial charge in [0.2, 0.25) is 0 Å². The van der Waals surface area contributed by atoms with Crippen LogP contribution in [-0.4, -0.2) is 7.05 Å². The molecule has 0 aromatic heterocycles. The summed E-state index contributed by atoms with van der Waals surface area (Å²) in [7, 11) is 2.02. The van der Waals surface area contributed by atoms with E-state index in [2.05, 4.69) is 24.0 Å². The Kier molecular flexibility index (Phi) is 4.13. The highest BCUT2D eigenvalue weighted by Crippen LogP contribution is 2.33. The number of nitrogens with zero attached hydrogens (tertiary/aromatic N) is 1. The number of rotatable bonds is 3. The van der Waals surface area contributed by atoms with Gasteiger partial charge in [-0.2, -0.15) is 0 Å². The fraction of sp³-hybridized carbons (Fsp3) is 0.250. The molecule has 0 bridgehead atoms. The molecule has 2 rings (SSSR count). The molecule has 0 aliphatic rings. The molecule has 19 heavy (non-hydrogen) atoms. The molecule has 0 heterocycles. The van der Waals surface area contributed by atoms with E-state index in [4.69, 9.17) is 17.3 Å². The van der Waals surface area contributed by atoms with Crippen molar-refractivity contribution >= 4 is 23.0 Å². The lowest BCUT2D eigenvalue weighted by molar-refractivity contribution is 0.818. The van der Waals surface area contributed by atoms with E-state index in [1.165, 1.54) is 5.56 Å². The topological polar surface area (TPSA) is 29.3 Å². The van der Waals surface area contributed by atoms with E-state index in [-0.39, 0.29) is 6.04 Å². The smallest absolute Gasteiger partial charge is 0.0646 e. The third-order valence-corrected chi connectivity index (χ3v) is 3.64. The van der Waals surface area contributed by atoms with Crippen molar-refractivity contribution in [3.8, 4) is 0 Å². The zero-order chi connectivity index (χ0) is 14.0. The predicted octanol–water partition coefficient (Wildman–Crippen LogP) is 4.44. The van der Waals surface area contributed by atoms with Gasteiger partial charge in [-0.1, -0.05) is 35.9 Å². The molecule has 0 radical (unpaired) electrons. The van der Waals surface area contributed by atoms with Crippen molar-refractivity contribution in [1.82, 2.24) is 0 Å². The average Bonchev–Trinajstić information content (AvgIpc) is 2.38. The summed E-state index contributed by atoms with van der Waals surface area (Å²) < 4.78 is 0. The van der Waals surface area contributed by atoms with E-state index in [1.807, 2.05) is 44.3 Å². The van der Waals surface area contributed by atoms with Crippen LogP contribution >= 0.6 is 11.6 Å². The van der Waals surface area contributed by atoms with Gasteiger partial charge in [-0.15, -0.1) is 0 Å². The average molecular weight is 275 g/mol. The molecule has 1 atom stereocenters. The predicted molar refractivity (Wildman–Crippen MR) is 83.3 cm³/mol. The summed E-state index contributed by atoms with van der Waals surface area (Å²) in [6.07, 6.45) is 0. The van der Waals surface area contributed by atoms with Gasteiger partial charge in [0.15, 0.2) is 0 Å². The first kappa shape index (κ1) is 13.9. The molecule has 0 saturated carbocycles. The van der Waals surface area contributed by atoms with E-state index in [1.54, 1.807) is 0 Å².